The van der Waals surface area contributed by atoms with Gasteiger partial charge >= 0.3 is 0 Å². The average Bonchev–Trinajstić information content (AvgIpc) is 2.68. The molecule has 0 radical (unpaired) electrons. The Kier molecular flexibility index (Phi) is 9.83. The maximum absolute atomic E-state index is 13.0. The summed E-state index contributed by atoms with van der Waals surface area (Å²) >= 11 is 17.0. The Hall–Kier alpha value is -1.21. The highest BCUT2D eigenvalue weighted by Gasteiger charge is 2.25. The molecule has 0 bridgehead atoms. The van der Waals surface area contributed by atoms with Crippen molar-refractivity contribution < 1.29 is 9.59 Å². The first-order valence-corrected chi connectivity index (χ1v) is 11.9. The molecule has 29 heavy (non-hydrogen) atoms. The second kappa shape index (κ2) is 11.8. The molecular weight excluding hydrogens is 495 g/mol. The minimum atomic E-state index is -0.564. The molecular formula is C21H23BrCl2N2O2S. The monoisotopic (exact) mass is 516 g/mol. The molecule has 0 saturated heterocycles. The number of nitrogens with zero attached hydrogens (tertiary/aromatic N) is 1. The fourth-order valence-corrected chi connectivity index (χ4v) is 4.39. The predicted octanol–water partition coefficient (Wildman–Crippen LogP) is 5.54. The number of amides is 2. The van der Waals surface area contributed by atoms with Crippen LogP contribution in [0.1, 0.15) is 25.0 Å². The SMILES string of the molecule is CCNC(=O)[C@H](C)N(Cc1ccc(Br)cc1)C(=O)CSCc1ccc(Cl)cc1Cl. The highest BCUT2D eigenvalue weighted by molar-refractivity contribution is 9.10. The lowest BCUT2D eigenvalue weighted by Crippen LogP contribution is -2.48. The third kappa shape index (κ3) is 7.52. The van der Waals surface area contributed by atoms with Gasteiger partial charge in [0.25, 0.3) is 0 Å². The van der Waals surface area contributed by atoms with E-state index in [1.54, 1.807) is 24.0 Å². The van der Waals surface area contributed by atoms with E-state index in [0.29, 0.717) is 28.9 Å². The summed E-state index contributed by atoms with van der Waals surface area (Å²) in [5, 5.41) is 3.96. The Balaban J connectivity index is 2.06. The fourth-order valence-electron chi connectivity index (χ4n) is 2.66. The van der Waals surface area contributed by atoms with Gasteiger partial charge in [0.15, 0.2) is 0 Å². The van der Waals surface area contributed by atoms with E-state index in [2.05, 4.69) is 21.2 Å². The van der Waals surface area contributed by atoms with Crippen molar-refractivity contribution in [1.29, 1.82) is 0 Å². The van der Waals surface area contributed by atoms with Crippen LogP contribution in [0.5, 0.6) is 0 Å². The van der Waals surface area contributed by atoms with E-state index < -0.39 is 6.04 Å². The molecule has 8 heteroatoms. The van der Waals surface area contributed by atoms with Crippen molar-refractivity contribution in [3.05, 3.63) is 68.1 Å². The van der Waals surface area contributed by atoms with Crippen LogP contribution in [0.25, 0.3) is 0 Å². The summed E-state index contributed by atoms with van der Waals surface area (Å²) in [4.78, 5) is 26.9. The molecule has 0 aliphatic rings. The molecule has 0 unspecified atom stereocenters. The number of hydrogen-bond acceptors (Lipinski definition) is 3. The van der Waals surface area contributed by atoms with E-state index in [9.17, 15) is 9.59 Å². The van der Waals surface area contributed by atoms with Crippen LogP contribution in [0, 0.1) is 0 Å². The fraction of sp³-hybridized carbons (Fsp3) is 0.333. The molecule has 0 heterocycles. The van der Waals surface area contributed by atoms with E-state index in [1.807, 2.05) is 37.3 Å². The van der Waals surface area contributed by atoms with Crippen LogP contribution < -0.4 is 5.32 Å². The van der Waals surface area contributed by atoms with Crippen molar-refractivity contribution in [1.82, 2.24) is 10.2 Å². The molecule has 2 rings (SSSR count). The molecule has 4 nitrogen and oxygen atoms in total. The van der Waals surface area contributed by atoms with E-state index in [1.165, 1.54) is 11.8 Å². The first kappa shape index (κ1) is 24.1. The second-order valence-corrected chi connectivity index (χ2v) is 9.19. The number of halogens is 3. The summed E-state index contributed by atoms with van der Waals surface area (Å²) in [6.07, 6.45) is 0. The van der Waals surface area contributed by atoms with Crippen LogP contribution in [-0.4, -0.2) is 35.1 Å². The lowest BCUT2D eigenvalue weighted by molar-refractivity contribution is -0.138. The number of rotatable bonds is 9. The second-order valence-electron chi connectivity index (χ2n) is 6.45. The minimum absolute atomic E-state index is 0.0956. The zero-order chi connectivity index (χ0) is 21.4. The summed E-state index contributed by atoms with van der Waals surface area (Å²) in [5.41, 5.74) is 1.88. The van der Waals surface area contributed by atoms with Gasteiger partial charge in [-0.15, -0.1) is 11.8 Å². The first-order chi connectivity index (χ1) is 13.8. The molecule has 0 aromatic heterocycles. The van der Waals surface area contributed by atoms with Crippen LogP contribution in [0.3, 0.4) is 0 Å². The van der Waals surface area contributed by atoms with Gasteiger partial charge in [-0.25, -0.2) is 0 Å². The summed E-state index contributed by atoms with van der Waals surface area (Å²) < 4.78 is 0.964. The molecule has 1 atom stereocenters. The largest absolute Gasteiger partial charge is 0.355 e. The molecule has 1 N–H and O–H groups in total. The molecule has 0 aliphatic carbocycles. The van der Waals surface area contributed by atoms with Crippen molar-refractivity contribution in [3.8, 4) is 0 Å². The van der Waals surface area contributed by atoms with Gasteiger partial charge in [0, 0.05) is 33.4 Å². The Bertz CT molecular complexity index is 849. The third-order valence-corrected chi connectivity index (χ3v) is 6.36. The van der Waals surface area contributed by atoms with Gasteiger partial charge < -0.3 is 10.2 Å². The zero-order valence-corrected chi connectivity index (χ0v) is 20.2. The van der Waals surface area contributed by atoms with Gasteiger partial charge in [0.2, 0.25) is 11.8 Å². The number of benzene rings is 2. The van der Waals surface area contributed by atoms with Gasteiger partial charge in [0.05, 0.1) is 5.75 Å². The molecule has 2 aromatic carbocycles. The molecule has 0 saturated carbocycles. The molecule has 156 valence electrons. The predicted molar refractivity (Wildman–Crippen MR) is 125 cm³/mol. The summed E-state index contributed by atoms with van der Waals surface area (Å²) in [7, 11) is 0. The number of nitrogens with one attached hydrogen (secondary N) is 1. The van der Waals surface area contributed by atoms with Crippen LogP contribution >= 0.6 is 50.9 Å². The first-order valence-electron chi connectivity index (χ1n) is 9.15. The van der Waals surface area contributed by atoms with E-state index in [-0.39, 0.29) is 17.6 Å². The van der Waals surface area contributed by atoms with E-state index in [4.69, 9.17) is 23.2 Å². The van der Waals surface area contributed by atoms with Gasteiger partial charge in [-0.05, 0) is 49.2 Å². The van der Waals surface area contributed by atoms with Gasteiger partial charge in [-0.3, -0.25) is 9.59 Å². The highest BCUT2D eigenvalue weighted by atomic mass is 79.9. The van der Waals surface area contributed by atoms with Crippen molar-refractivity contribution in [2.24, 2.45) is 0 Å². The number of thioether (sulfide) groups is 1. The number of carbonyl (C=O) groups is 2. The molecule has 2 aromatic rings. The summed E-state index contributed by atoms with van der Waals surface area (Å²) in [5.74, 6) is 0.577. The normalized spacial score (nSPS) is 11.8. The van der Waals surface area contributed by atoms with Crippen molar-refractivity contribution in [3.63, 3.8) is 0 Å². The van der Waals surface area contributed by atoms with Crippen LogP contribution in [0.2, 0.25) is 10.0 Å². The topological polar surface area (TPSA) is 49.4 Å². The smallest absolute Gasteiger partial charge is 0.242 e. The molecule has 0 aliphatic heterocycles. The van der Waals surface area contributed by atoms with Crippen molar-refractivity contribution in [2.45, 2.75) is 32.2 Å². The molecule has 2 amide bonds. The average molecular weight is 518 g/mol. The summed E-state index contributed by atoms with van der Waals surface area (Å²) in [6, 6.07) is 12.5. The van der Waals surface area contributed by atoms with Crippen LogP contribution in [0.15, 0.2) is 46.9 Å². The van der Waals surface area contributed by atoms with Crippen molar-refractivity contribution >= 4 is 62.7 Å². The zero-order valence-electron chi connectivity index (χ0n) is 16.3. The number of likely N-dealkylation sites (N-methyl/N-ethyl adjacent to an activating group) is 1. The summed E-state index contributed by atoms with van der Waals surface area (Å²) in [6.45, 7) is 4.50. The third-order valence-electron chi connectivity index (χ3n) is 4.28. The van der Waals surface area contributed by atoms with Gasteiger partial charge in [0.1, 0.15) is 6.04 Å². The highest BCUT2D eigenvalue weighted by Crippen LogP contribution is 2.25. The lowest BCUT2D eigenvalue weighted by Gasteiger charge is -2.28. The quantitative estimate of drug-likeness (QED) is 0.474. The number of hydrogen-bond donors (Lipinski definition) is 1. The Morgan fingerprint density at radius 1 is 1.17 bits per heavy atom. The van der Waals surface area contributed by atoms with E-state index >= 15 is 0 Å². The van der Waals surface area contributed by atoms with Gasteiger partial charge in [-0.1, -0.05) is 57.3 Å². The van der Waals surface area contributed by atoms with E-state index in [0.717, 1.165) is 15.6 Å². The maximum atomic E-state index is 13.0. The molecule has 0 fully saturated rings. The Morgan fingerprint density at radius 2 is 1.86 bits per heavy atom. The van der Waals surface area contributed by atoms with Gasteiger partial charge in [-0.2, -0.15) is 0 Å². The maximum Gasteiger partial charge on any atom is 0.242 e. The van der Waals surface area contributed by atoms with Crippen molar-refractivity contribution in [2.75, 3.05) is 12.3 Å². The standard InChI is InChI=1S/C21H23BrCl2N2O2S/c1-3-25-21(28)14(2)26(11-15-4-7-17(22)8-5-15)20(27)13-29-12-16-6-9-18(23)10-19(16)24/h4-10,14H,3,11-13H2,1-2H3,(H,25,28)/t14-/m0/s1. The Labute approximate surface area is 194 Å². The lowest BCUT2D eigenvalue weighted by atomic mass is 10.1. The Morgan fingerprint density at radius 3 is 2.48 bits per heavy atom. The van der Waals surface area contributed by atoms with Crippen LogP contribution in [-0.2, 0) is 21.9 Å². The van der Waals surface area contributed by atoms with Crippen LogP contribution in [0.4, 0.5) is 0 Å². The number of carbonyl (C=O) groups excluding carboxylic acids is 2. The molecule has 0 spiro atoms. The minimum Gasteiger partial charge on any atom is -0.355 e.